The third-order valence-electron chi connectivity index (χ3n) is 4.21. The first kappa shape index (κ1) is 14.0. The first-order valence-electron chi connectivity index (χ1n) is 7.71. The van der Waals surface area contributed by atoms with Gasteiger partial charge >= 0.3 is 0 Å². The van der Waals surface area contributed by atoms with Crippen molar-refractivity contribution in [2.45, 2.75) is 39.7 Å². The second-order valence-corrected chi connectivity index (χ2v) is 6.00. The summed E-state index contributed by atoms with van der Waals surface area (Å²) in [5.74, 6) is 1.07. The van der Waals surface area contributed by atoms with Crippen molar-refractivity contribution in [3.63, 3.8) is 0 Å². The smallest absolute Gasteiger partial charge is 0.127 e. The van der Waals surface area contributed by atoms with Crippen LogP contribution in [0.25, 0.3) is 0 Å². The molecule has 0 saturated heterocycles. The van der Waals surface area contributed by atoms with Crippen LogP contribution in [0.3, 0.4) is 0 Å². The molecule has 3 rings (SSSR count). The van der Waals surface area contributed by atoms with Gasteiger partial charge in [0.25, 0.3) is 0 Å². The normalized spacial score (nSPS) is 17.6. The summed E-state index contributed by atoms with van der Waals surface area (Å²) in [7, 11) is 0. The number of aryl methyl sites for hydroxylation is 3. The molecule has 0 aliphatic carbocycles. The van der Waals surface area contributed by atoms with Gasteiger partial charge in [0.15, 0.2) is 0 Å². The van der Waals surface area contributed by atoms with E-state index in [0.29, 0.717) is 6.04 Å². The molecule has 1 N–H and O–H groups in total. The predicted octanol–water partition coefficient (Wildman–Crippen LogP) is 4.94. The van der Waals surface area contributed by atoms with Crippen LogP contribution in [0.4, 0.5) is 5.69 Å². The van der Waals surface area contributed by atoms with Crippen LogP contribution < -0.4 is 10.1 Å². The first-order valence-corrected chi connectivity index (χ1v) is 7.71. The molecule has 2 aromatic rings. The topological polar surface area (TPSA) is 21.3 Å². The Morgan fingerprint density at radius 1 is 1.05 bits per heavy atom. The van der Waals surface area contributed by atoms with Gasteiger partial charge in [-0.05, 0) is 50.8 Å². The van der Waals surface area contributed by atoms with Crippen molar-refractivity contribution in [3.8, 4) is 5.75 Å². The highest BCUT2D eigenvalue weighted by Crippen LogP contribution is 2.36. The highest BCUT2D eigenvalue weighted by atomic mass is 16.5. The number of ether oxygens (including phenoxy) is 1. The molecule has 2 heteroatoms. The quantitative estimate of drug-likeness (QED) is 0.842. The fourth-order valence-corrected chi connectivity index (χ4v) is 3.08. The molecule has 0 aromatic heterocycles. The van der Waals surface area contributed by atoms with Crippen LogP contribution in [-0.2, 0) is 0 Å². The molecule has 0 radical (unpaired) electrons. The summed E-state index contributed by atoms with van der Waals surface area (Å²) < 4.78 is 5.96. The largest absolute Gasteiger partial charge is 0.493 e. The van der Waals surface area contributed by atoms with Gasteiger partial charge in [0.2, 0.25) is 0 Å². The van der Waals surface area contributed by atoms with E-state index in [0.717, 1.165) is 25.2 Å². The lowest BCUT2D eigenvalue weighted by molar-refractivity contribution is 0.314. The molecule has 2 nitrogen and oxygen atoms in total. The molecule has 21 heavy (non-hydrogen) atoms. The van der Waals surface area contributed by atoms with E-state index in [9.17, 15) is 0 Å². The third kappa shape index (κ3) is 2.90. The van der Waals surface area contributed by atoms with Crippen LogP contribution in [0.1, 0.15) is 41.1 Å². The molecule has 1 aliphatic rings. The number of nitrogens with one attached hydrogen (secondary N) is 1. The zero-order valence-corrected chi connectivity index (χ0v) is 13.1. The van der Waals surface area contributed by atoms with Crippen LogP contribution in [0.15, 0.2) is 36.4 Å². The van der Waals surface area contributed by atoms with Gasteiger partial charge < -0.3 is 10.1 Å². The molecule has 0 saturated carbocycles. The van der Waals surface area contributed by atoms with E-state index in [1.807, 2.05) is 0 Å². The van der Waals surface area contributed by atoms with E-state index in [-0.39, 0.29) is 0 Å². The average Bonchev–Trinajstić information content (AvgIpc) is 2.66. The number of para-hydroxylation sites is 1. The monoisotopic (exact) mass is 281 g/mol. The van der Waals surface area contributed by atoms with Crippen LogP contribution in [-0.4, -0.2) is 6.61 Å². The van der Waals surface area contributed by atoms with Gasteiger partial charge in [0.1, 0.15) is 5.75 Å². The number of rotatable bonds is 2. The minimum absolute atomic E-state index is 0.323. The lowest BCUT2D eigenvalue weighted by Crippen LogP contribution is -2.11. The van der Waals surface area contributed by atoms with Crippen molar-refractivity contribution in [1.29, 1.82) is 0 Å². The summed E-state index contributed by atoms with van der Waals surface area (Å²) in [6.07, 6.45) is 2.18. The number of hydrogen-bond donors (Lipinski definition) is 1. The van der Waals surface area contributed by atoms with Gasteiger partial charge in [-0.15, -0.1) is 0 Å². The van der Waals surface area contributed by atoms with Gasteiger partial charge in [-0.25, -0.2) is 0 Å². The molecule has 1 atom stereocenters. The lowest BCUT2D eigenvalue weighted by Gasteiger charge is -2.22. The Bertz CT molecular complexity index is 648. The van der Waals surface area contributed by atoms with Gasteiger partial charge in [-0.1, -0.05) is 35.9 Å². The molecule has 110 valence electrons. The Kier molecular flexibility index (Phi) is 3.87. The molecule has 1 heterocycles. The van der Waals surface area contributed by atoms with Gasteiger partial charge in [0, 0.05) is 11.3 Å². The maximum Gasteiger partial charge on any atom is 0.127 e. The van der Waals surface area contributed by atoms with Crippen molar-refractivity contribution in [2.75, 3.05) is 11.9 Å². The first-order chi connectivity index (χ1) is 10.1. The molecule has 0 fully saturated rings. The van der Waals surface area contributed by atoms with Crippen LogP contribution in [0, 0.1) is 20.8 Å². The maximum absolute atomic E-state index is 5.96. The van der Waals surface area contributed by atoms with E-state index < -0.39 is 0 Å². The summed E-state index contributed by atoms with van der Waals surface area (Å²) in [6.45, 7) is 7.23. The SMILES string of the molecule is Cc1ccc(NC2CCCOc3c(C)cccc32)c(C)c1. The number of benzene rings is 2. The average molecular weight is 281 g/mol. The Hall–Kier alpha value is -1.96. The fourth-order valence-electron chi connectivity index (χ4n) is 3.08. The van der Waals surface area contributed by atoms with Crippen LogP contribution >= 0.6 is 0 Å². The summed E-state index contributed by atoms with van der Waals surface area (Å²) in [5, 5.41) is 3.72. The standard InChI is InChI=1S/C19H23NO/c1-13-9-10-17(15(3)12-13)20-18-8-5-11-21-19-14(2)6-4-7-16(18)19/h4,6-7,9-10,12,18,20H,5,8,11H2,1-3H3. The van der Waals surface area contributed by atoms with E-state index in [1.165, 1.54) is 27.9 Å². The summed E-state index contributed by atoms with van der Waals surface area (Å²) >= 11 is 0. The van der Waals surface area contributed by atoms with Crippen molar-refractivity contribution in [1.82, 2.24) is 0 Å². The number of fused-ring (bicyclic) bond motifs is 1. The number of anilines is 1. The molecule has 1 unspecified atom stereocenters. The molecular formula is C19H23NO. The molecule has 1 aliphatic heterocycles. The van der Waals surface area contributed by atoms with Crippen molar-refractivity contribution >= 4 is 5.69 Å². The number of hydrogen-bond acceptors (Lipinski definition) is 2. The second kappa shape index (κ2) is 5.80. The molecule has 2 aromatic carbocycles. The van der Waals surface area contributed by atoms with Crippen LogP contribution in [0.2, 0.25) is 0 Å². The Labute approximate surface area is 127 Å². The van der Waals surface area contributed by atoms with E-state index in [2.05, 4.69) is 62.5 Å². The zero-order chi connectivity index (χ0) is 14.8. The van der Waals surface area contributed by atoms with Crippen molar-refractivity contribution in [2.24, 2.45) is 0 Å². The third-order valence-corrected chi connectivity index (χ3v) is 4.21. The maximum atomic E-state index is 5.96. The zero-order valence-electron chi connectivity index (χ0n) is 13.1. The predicted molar refractivity (Wildman–Crippen MR) is 88.2 cm³/mol. The highest BCUT2D eigenvalue weighted by Gasteiger charge is 2.21. The Morgan fingerprint density at radius 3 is 2.71 bits per heavy atom. The van der Waals surface area contributed by atoms with Gasteiger partial charge in [-0.2, -0.15) is 0 Å². The van der Waals surface area contributed by atoms with Crippen molar-refractivity contribution in [3.05, 3.63) is 58.7 Å². The Morgan fingerprint density at radius 2 is 1.90 bits per heavy atom. The molecular weight excluding hydrogens is 258 g/mol. The van der Waals surface area contributed by atoms with Crippen molar-refractivity contribution < 1.29 is 4.74 Å². The summed E-state index contributed by atoms with van der Waals surface area (Å²) in [5.41, 5.74) is 6.34. The van der Waals surface area contributed by atoms with E-state index in [1.54, 1.807) is 0 Å². The fraction of sp³-hybridized carbons (Fsp3) is 0.368. The molecule has 0 bridgehead atoms. The Balaban J connectivity index is 1.94. The molecule has 0 amide bonds. The minimum Gasteiger partial charge on any atom is -0.493 e. The summed E-state index contributed by atoms with van der Waals surface area (Å²) in [6, 6.07) is 13.3. The highest BCUT2D eigenvalue weighted by molar-refractivity contribution is 5.55. The van der Waals surface area contributed by atoms with E-state index in [4.69, 9.17) is 4.74 Å². The van der Waals surface area contributed by atoms with E-state index >= 15 is 0 Å². The van der Waals surface area contributed by atoms with Gasteiger partial charge in [-0.3, -0.25) is 0 Å². The minimum atomic E-state index is 0.323. The molecule has 0 spiro atoms. The second-order valence-electron chi connectivity index (χ2n) is 6.00. The summed E-state index contributed by atoms with van der Waals surface area (Å²) in [4.78, 5) is 0. The lowest BCUT2D eigenvalue weighted by atomic mass is 9.99. The van der Waals surface area contributed by atoms with Gasteiger partial charge in [0.05, 0.1) is 12.6 Å². The van der Waals surface area contributed by atoms with Crippen LogP contribution in [0.5, 0.6) is 5.75 Å².